The topological polar surface area (TPSA) is 90.9 Å². The lowest BCUT2D eigenvalue weighted by Gasteiger charge is -2.34. The second-order valence-corrected chi connectivity index (χ2v) is 20.3. The third-order valence-electron chi connectivity index (χ3n) is 11.8. The van der Waals surface area contributed by atoms with Crippen LogP contribution in [0.25, 0.3) is 0 Å². The summed E-state index contributed by atoms with van der Waals surface area (Å²) < 4.78 is 52.6. The predicted octanol–water partition coefficient (Wildman–Crippen LogP) is 16.0. The quantitative estimate of drug-likeness (QED) is 0.0559. The molecule has 0 spiro atoms. The first-order valence-electron chi connectivity index (χ1n) is 22.6. The maximum absolute atomic E-state index is 15.3. The van der Waals surface area contributed by atoms with E-state index in [0.29, 0.717) is 28.7 Å². The summed E-state index contributed by atoms with van der Waals surface area (Å²) in [4.78, 5) is 15.3. The second-order valence-electron chi connectivity index (χ2n) is 18.3. The van der Waals surface area contributed by atoms with Gasteiger partial charge in [0.1, 0.15) is 45.8 Å². The van der Waals surface area contributed by atoms with Gasteiger partial charge in [0, 0.05) is 12.1 Å². The zero-order valence-electron chi connectivity index (χ0n) is 41.2. The Morgan fingerprint density at radius 1 is 0.470 bits per heavy atom. The van der Waals surface area contributed by atoms with E-state index in [-0.39, 0.29) is 46.3 Å². The molecule has 1 aliphatic carbocycles. The molecule has 350 valence electrons. The van der Waals surface area contributed by atoms with Crippen molar-refractivity contribution in [2.24, 2.45) is 5.92 Å². The molecule has 0 bridgehead atoms. The Bertz CT molecular complexity index is 2530. The van der Waals surface area contributed by atoms with Crippen molar-refractivity contribution >= 4 is 23.0 Å². The van der Waals surface area contributed by atoms with E-state index in [1.165, 1.54) is 0 Å². The van der Waals surface area contributed by atoms with Crippen molar-refractivity contribution in [3.05, 3.63) is 159 Å². The Balaban J connectivity index is 1.46. The van der Waals surface area contributed by atoms with Gasteiger partial charge in [0.15, 0.2) is 0 Å². The summed E-state index contributed by atoms with van der Waals surface area (Å²) in [7, 11) is -1.31. The van der Waals surface area contributed by atoms with Crippen LogP contribution in [0.5, 0.6) is 40.2 Å². The smallest absolute Gasteiger partial charge is 0.497 e. The van der Waals surface area contributed by atoms with Gasteiger partial charge >= 0.3 is 17.2 Å². The van der Waals surface area contributed by atoms with Crippen LogP contribution in [0.3, 0.4) is 0 Å². The van der Waals surface area contributed by atoms with Gasteiger partial charge in [-0.15, -0.1) is 0 Å². The summed E-state index contributed by atoms with van der Waals surface area (Å²) in [5, 5.41) is 0. The second kappa shape index (κ2) is 21.5. The molecule has 1 aliphatic rings. The Morgan fingerprint density at radius 3 is 1.23 bits per heavy atom. The Labute approximate surface area is 395 Å². The number of benzene rings is 5. The fraction of sp³-hybridized carbons (Fsp3) is 0.364. The molecular formula is C55H66O9P2. The normalized spacial score (nSPS) is 15.3. The molecule has 0 N–H and O–H groups in total. The maximum Gasteiger partial charge on any atom is 0.530 e. The molecule has 11 heteroatoms. The largest absolute Gasteiger partial charge is 0.530 e. The van der Waals surface area contributed by atoms with Crippen LogP contribution >= 0.6 is 17.2 Å². The van der Waals surface area contributed by atoms with E-state index in [1.807, 2.05) is 52.8 Å². The monoisotopic (exact) mass is 932 g/mol. The summed E-state index contributed by atoms with van der Waals surface area (Å²) in [5.74, 6) is 3.52. The summed E-state index contributed by atoms with van der Waals surface area (Å²) >= 11 is 0. The molecule has 0 heterocycles. The van der Waals surface area contributed by atoms with Gasteiger partial charge in [-0.25, -0.2) is 0 Å². The number of ether oxygens (including phenoxy) is 2. The van der Waals surface area contributed by atoms with E-state index in [1.54, 1.807) is 50.6 Å². The van der Waals surface area contributed by atoms with Gasteiger partial charge in [0.2, 0.25) is 5.78 Å². The molecule has 0 aromatic heterocycles. The molecule has 5 aromatic carbocycles. The first-order valence-corrected chi connectivity index (χ1v) is 24.8. The minimum Gasteiger partial charge on any atom is -0.497 e. The summed E-state index contributed by atoms with van der Waals surface area (Å²) in [5.41, 5.74) is 7.79. The summed E-state index contributed by atoms with van der Waals surface area (Å²) in [6.45, 7) is 27.1. The van der Waals surface area contributed by atoms with Crippen molar-refractivity contribution in [1.29, 1.82) is 0 Å². The SMILES string of the molecule is COc1ccc(C(=O)c2ccc(OC)cc2OP(Oc2cc(C)ccc2C(C)C)OC2(C)C(C)=CC=C2C(C)C)c(OP(Oc2cc(C)ccc2C(C)C)Oc2cc(C)ccc2C(C)C)c1. The molecule has 0 saturated heterocycles. The van der Waals surface area contributed by atoms with E-state index in [9.17, 15) is 0 Å². The number of hydrogen-bond acceptors (Lipinski definition) is 9. The van der Waals surface area contributed by atoms with Crippen molar-refractivity contribution in [2.75, 3.05) is 14.2 Å². The molecule has 0 radical (unpaired) electrons. The van der Waals surface area contributed by atoms with Crippen molar-refractivity contribution in [2.45, 2.75) is 113 Å². The Hall–Kier alpha value is -5.33. The first kappa shape index (κ1) is 50.1. The van der Waals surface area contributed by atoms with E-state index >= 15 is 4.79 Å². The number of methoxy groups -OCH3 is 2. The predicted molar refractivity (Wildman–Crippen MR) is 268 cm³/mol. The van der Waals surface area contributed by atoms with Crippen LogP contribution in [0.1, 0.15) is 136 Å². The number of allylic oxidation sites excluding steroid dienone is 2. The number of ketones is 1. The molecule has 6 rings (SSSR count). The number of carbonyl (C=O) groups is 1. The lowest BCUT2D eigenvalue weighted by Crippen LogP contribution is -2.32. The summed E-state index contributed by atoms with van der Waals surface area (Å²) in [6, 6.07) is 28.6. The van der Waals surface area contributed by atoms with Gasteiger partial charge in [-0.05, 0) is 145 Å². The van der Waals surface area contributed by atoms with Gasteiger partial charge in [0.05, 0.1) is 25.3 Å². The highest BCUT2D eigenvalue weighted by Gasteiger charge is 2.42. The van der Waals surface area contributed by atoms with Gasteiger partial charge in [-0.3, -0.25) is 9.32 Å². The fourth-order valence-corrected chi connectivity index (χ4v) is 10.2. The first-order chi connectivity index (χ1) is 31.3. The van der Waals surface area contributed by atoms with Gasteiger partial charge in [-0.1, -0.05) is 104 Å². The van der Waals surface area contributed by atoms with E-state index in [4.69, 9.17) is 36.6 Å². The highest BCUT2D eigenvalue weighted by molar-refractivity contribution is 7.43. The lowest BCUT2D eigenvalue weighted by molar-refractivity contribution is 0.103. The van der Waals surface area contributed by atoms with Crippen LogP contribution in [0.2, 0.25) is 0 Å². The lowest BCUT2D eigenvalue weighted by atomic mass is 9.86. The van der Waals surface area contributed by atoms with E-state index in [0.717, 1.165) is 44.5 Å². The zero-order valence-corrected chi connectivity index (χ0v) is 43.0. The van der Waals surface area contributed by atoms with Crippen molar-refractivity contribution < 1.29 is 41.4 Å². The Morgan fingerprint density at radius 2 is 0.848 bits per heavy atom. The zero-order chi connectivity index (χ0) is 48.0. The molecule has 0 amide bonds. The van der Waals surface area contributed by atoms with Gasteiger partial charge in [0.25, 0.3) is 0 Å². The minimum atomic E-state index is -2.23. The highest BCUT2D eigenvalue weighted by Crippen LogP contribution is 2.54. The molecular weight excluding hydrogens is 867 g/mol. The van der Waals surface area contributed by atoms with Crippen molar-refractivity contribution in [3.63, 3.8) is 0 Å². The van der Waals surface area contributed by atoms with Crippen LogP contribution in [0.4, 0.5) is 0 Å². The van der Waals surface area contributed by atoms with Crippen LogP contribution < -0.4 is 32.1 Å². The minimum absolute atomic E-state index is 0.149. The standard InChI is InChI=1S/C55H66O9P2/c1-33(2)43-22-16-37(9)28-49(43)59-65(60-50-29-38(10)17-23-44(50)34(3)4)61-52-31-41(57-14)20-25-46(52)54(56)47-26-21-42(58-15)32-53(47)63-66(62-51-30-39(11)18-24-45(51)35(5)6)64-55(13)40(12)19-27-48(55)36(7)8/h16-36H,1-15H3. The molecule has 66 heavy (non-hydrogen) atoms. The molecule has 0 saturated carbocycles. The third-order valence-corrected chi connectivity index (χ3v) is 14.0. The maximum atomic E-state index is 15.3. The highest BCUT2D eigenvalue weighted by atomic mass is 31.2. The van der Waals surface area contributed by atoms with Gasteiger partial charge < -0.3 is 32.1 Å². The fourth-order valence-electron chi connectivity index (χ4n) is 7.81. The molecule has 9 nitrogen and oxygen atoms in total. The van der Waals surface area contributed by atoms with Crippen molar-refractivity contribution in [1.82, 2.24) is 0 Å². The number of aryl methyl sites for hydroxylation is 3. The number of hydrogen-bond donors (Lipinski definition) is 0. The average molecular weight is 933 g/mol. The van der Waals surface area contributed by atoms with E-state index < -0.39 is 28.6 Å². The summed E-state index contributed by atoms with van der Waals surface area (Å²) in [6.07, 6.45) is 4.19. The number of carbonyl (C=O) groups excluding carboxylic acids is 1. The van der Waals surface area contributed by atoms with Crippen LogP contribution in [-0.4, -0.2) is 25.6 Å². The van der Waals surface area contributed by atoms with Gasteiger partial charge in [-0.2, -0.15) is 0 Å². The molecule has 2 unspecified atom stereocenters. The van der Waals surface area contributed by atoms with Crippen LogP contribution in [0.15, 0.2) is 114 Å². The third kappa shape index (κ3) is 11.6. The average Bonchev–Trinajstić information content (AvgIpc) is 3.55. The number of rotatable bonds is 20. The molecule has 2 atom stereocenters. The molecule has 0 fully saturated rings. The molecule has 5 aromatic rings. The Kier molecular flexibility index (Phi) is 16.3. The van der Waals surface area contributed by atoms with Crippen molar-refractivity contribution in [3.8, 4) is 40.2 Å². The van der Waals surface area contributed by atoms with E-state index in [2.05, 4.69) is 104 Å². The van der Waals surface area contributed by atoms with Crippen LogP contribution in [-0.2, 0) is 4.52 Å². The molecule has 0 aliphatic heterocycles. The van der Waals surface area contributed by atoms with Crippen LogP contribution in [0, 0.1) is 26.7 Å².